The Hall–Kier alpha value is -1.67. The molecule has 1 aromatic carbocycles. The second kappa shape index (κ2) is 4.78. The highest BCUT2D eigenvalue weighted by molar-refractivity contribution is 7.92. The number of aromatic nitrogens is 1. The van der Waals surface area contributed by atoms with Crippen LogP contribution in [0.4, 0.5) is 5.13 Å². The summed E-state index contributed by atoms with van der Waals surface area (Å²) in [4.78, 5) is 15.0. The zero-order valence-electron chi connectivity index (χ0n) is 10.2. The van der Waals surface area contributed by atoms with E-state index in [0.717, 1.165) is 11.0 Å². The molecule has 1 aromatic heterocycles. The number of fused-ring (bicyclic) bond motifs is 1. The molecule has 0 amide bonds. The van der Waals surface area contributed by atoms with Gasteiger partial charge in [-0.2, -0.15) is 0 Å². The molecule has 1 heterocycles. The number of carboxylic acids is 1. The van der Waals surface area contributed by atoms with Gasteiger partial charge in [-0.15, -0.1) is 0 Å². The average molecular weight is 300 g/mol. The van der Waals surface area contributed by atoms with Gasteiger partial charge in [0, 0.05) is 0 Å². The molecular weight excluding hydrogens is 288 g/mol. The van der Waals surface area contributed by atoms with Gasteiger partial charge in [-0.1, -0.05) is 17.4 Å². The first-order chi connectivity index (χ1) is 8.76. The normalized spacial score (nSPS) is 13.4. The summed E-state index contributed by atoms with van der Waals surface area (Å²) in [6.07, 6.45) is 1.05. The number of carbonyl (C=O) groups is 1. The second-order valence-corrected chi connectivity index (χ2v) is 6.96. The number of anilines is 1. The van der Waals surface area contributed by atoms with E-state index in [1.54, 1.807) is 25.1 Å². The average Bonchev–Trinajstić information content (AvgIpc) is 2.65. The number of nitrogens with one attached hydrogen (secondary N) is 1. The lowest BCUT2D eigenvalue weighted by atomic mass is 10.0. The third-order valence-electron chi connectivity index (χ3n) is 2.56. The van der Waals surface area contributed by atoms with Crippen LogP contribution in [0.1, 0.15) is 18.4 Å². The minimum absolute atomic E-state index is 0.276. The van der Waals surface area contributed by atoms with Gasteiger partial charge in [0.25, 0.3) is 0 Å². The Morgan fingerprint density at radius 1 is 1.47 bits per heavy atom. The Morgan fingerprint density at radius 3 is 2.74 bits per heavy atom. The molecule has 8 heteroatoms. The van der Waals surface area contributed by atoms with E-state index in [4.69, 9.17) is 5.11 Å². The van der Waals surface area contributed by atoms with Crippen LogP contribution in [0.5, 0.6) is 0 Å². The van der Waals surface area contributed by atoms with Crippen LogP contribution in [0, 0.1) is 0 Å². The summed E-state index contributed by atoms with van der Waals surface area (Å²) in [5.41, 5.74) is 1.30. The number of nitrogens with zero attached hydrogens (tertiary/aromatic N) is 1. The van der Waals surface area contributed by atoms with Gasteiger partial charge >= 0.3 is 5.97 Å². The number of rotatable bonds is 4. The van der Waals surface area contributed by atoms with Crippen LogP contribution in [0.3, 0.4) is 0 Å². The molecule has 102 valence electrons. The Bertz CT molecular complexity index is 736. The van der Waals surface area contributed by atoms with E-state index in [9.17, 15) is 13.2 Å². The molecule has 2 N–H and O–H groups in total. The number of hydrogen-bond donors (Lipinski definition) is 2. The maximum atomic E-state index is 11.1. The molecule has 0 fully saturated rings. The van der Waals surface area contributed by atoms with Crippen molar-refractivity contribution < 1.29 is 18.3 Å². The summed E-state index contributed by atoms with van der Waals surface area (Å²) in [5.74, 6) is -1.52. The van der Waals surface area contributed by atoms with Crippen molar-refractivity contribution in [2.75, 3.05) is 11.0 Å². The molecular formula is C11H12N2O4S2. The fourth-order valence-corrected chi connectivity index (χ4v) is 3.30. The van der Waals surface area contributed by atoms with Crippen molar-refractivity contribution in [1.29, 1.82) is 0 Å². The molecule has 0 aliphatic rings. The summed E-state index contributed by atoms with van der Waals surface area (Å²) in [5, 5.41) is 9.24. The lowest BCUT2D eigenvalue weighted by Crippen LogP contribution is -2.08. The van der Waals surface area contributed by atoms with Crippen LogP contribution >= 0.6 is 11.3 Å². The smallest absolute Gasteiger partial charge is 0.310 e. The van der Waals surface area contributed by atoms with Crippen LogP contribution in [0.25, 0.3) is 10.2 Å². The van der Waals surface area contributed by atoms with Crippen LogP contribution in [0.2, 0.25) is 0 Å². The standard InChI is InChI=1S/C11H12N2O4S2/c1-6(10(14)15)7-3-4-8-9(5-7)18-11(12-8)13-19(2,16)17/h3-6H,1-2H3,(H,12,13)(H,14,15). The van der Waals surface area contributed by atoms with E-state index in [-0.39, 0.29) is 5.13 Å². The van der Waals surface area contributed by atoms with Gasteiger partial charge in [-0.3, -0.25) is 9.52 Å². The molecule has 0 aliphatic heterocycles. The summed E-state index contributed by atoms with van der Waals surface area (Å²) in [7, 11) is -3.36. The van der Waals surface area contributed by atoms with Gasteiger partial charge in [0.15, 0.2) is 5.13 Å². The first-order valence-electron chi connectivity index (χ1n) is 5.37. The Morgan fingerprint density at radius 2 is 2.16 bits per heavy atom. The van der Waals surface area contributed by atoms with E-state index >= 15 is 0 Å². The van der Waals surface area contributed by atoms with Crippen molar-refractivity contribution in [3.63, 3.8) is 0 Å². The topological polar surface area (TPSA) is 96.4 Å². The third kappa shape index (κ3) is 3.21. The number of aliphatic carboxylic acids is 1. The van der Waals surface area contributed by atoms with Gasteiger partial charge in [0.05, 0.1) is 22.4 Å². The molecule has 2 aromatic rings. The van der Waals surface area contributed by atoms with Gasteiger partial charge in [0.1, 0.15) is 0 Å². The maximum absolute atomic E-state index is 11.1. The molecule has 6 nitrogen and oxygen atoms in total. The van der Waals surface area contributed by atoms with Crippen LogP contribution in [0.15, 0.2) is 18.2 Å². The van der Waals surface area contributed by atoms with Crippen LogP contribution in [-0.2, 0) is 14.8 Å². The van der Waals surface area contributed by atoms with Crippen molar-refractivity contribution in [1.82, 2.24) is 4.98 Å². The largest absolute Gasteiger partial charge is 0.481 e. The van der Waals surface area contributed by atoms with Crippen molar-refractivity contribution in [3.8, 4) is 0 Å². The number of carboxylic acid groups (broad SMARTS) is 1. The first kappa shape index (κ1) is 13.8. The first-order valence-corrected chi connectivity index (χ1v) is 8.08. The van der Waals surface area contributed by atoms with Gasteiger partial charge in [0.2, 0.25) is 10.0 Å². The van der Waals surface area contributed by atoms with Crippen LogP contribution in [-0.4, -0.2) is 30.7 Å². The molecule has 0 saturated carbocycles. The highest BCUT2D eigenvalue weighted by Crippen LogP contribution is 2.29. The summed E-state index contributed by atoms with van der Waals surface area (Å²) >= 11 is 1.17. The summed E-state index contributed by atoms with van der Waals surface area (Å²) in [6.45, 7) is 1.60. The summed E-state index contributed by atoms with van der Waals surface area (Å²) < 4.78 is 25.3. The van der Waals surface area contributed by atoms with E-state index in [1.165, 1.54) is 11.3 Å². The molecule has 2 rings (SSSR count). The molecule has 0 saturated heterocycles. The molecule has 1 atom stereocenters. The molecule has 1 unspecified atom stereocenters. The van der Waals surface area contributed by atoms with E-state index in [0.29, 0.717) is 11.1 Å². The Kier molecular flexibility index (Phi) is 3.46. The zero-order chi connectivity index (χ0) is 14.2. The van der Waals surface area contributed by atoms with E-state index in [1.807, 2.05) is 0 Å². The number of benzene rings is 1. The SMILES string of the molecule is CC(C(=O)O)c1ccc2nc(NS(C)(=O)=O)sc2c1. The zero-order valence-corrected chi connectivity index (χ0v) is 11.9. The molecule has 0 radical (unpaired) electrons. The second-order valence-electron chi connectivity index (χ2n) is 4.18. The minimum atomic E-state index is -3.36. The fourth-order valence-electron chi connectivity index (χ4n) is 1.56. The highest BCUT2D eigenvalue weighted by atomic mass is 32.2. The molecule has 0 aliphatic carbocycles. The molecule has 0 bridgehead atoms. The minimum Gasteiger partial charge on any atom is -0.481 e. The van der Waals surface area contributed by atoms with Crippen molar-refractivity contribution in [2.24, 2.45) is 0 Å². The predicted molar refractivity (Wildman–Crippen MR) is 74.1 cm³/mol. The quantitative estimate of drug-likeness (QED) is 0.898. The van der Waals surface area contributed by atoms with Gasteiger partial charge in [-0.05, 0) is 24.6 Å². The van der Waals surface area contributed by atoms with Gasteiger partial charge in [-0.25, -0.2) is 13.4 Å². The third-order valence-corrected chi connectivity index (χ3v) is 4.18. The summed E-state index contributed by atoms with van der Waals surface area (Å²) in [6, 6.07) is 5.10. The van der Waals surface area contributed by atoms with E-state index < -0.39 is 21.9 Å². The van der Waals surface area contributed by atoms with Crippen molar-refractivity contribution in [3.05, 3.63) is 23.8 Å². The number of thiazole rings is 1. The fraction of sp³-hybridized carbons (Fsp3) is 0.273. The maximum Gasteiger partial charge on any atom is 0.310 e. The lowest BCUT2D eigenvalue weighted by molar-refractivity contribution is -0.138. The van der Waals surface area contributed by atoms with Crippen molar-refractivity contribution in [2.45, 2.75) is 12.8 Å². The highest BCUT2D eigenvalue weighted by Gasteiger charge is 2.15. The van der Waals surface area contributed by atoms with E-state index in [2.05, 4.69) is 9.71 Å². The number of sulfonamides is 1. The number of hydrogen-bond acceptors (Lipinski definition) is 5. The Labute approximate surface area is 114 Å². The van der Waals surface area contributed by atoms with Crippen LogP contribution < -0.4 is 4.72 Å². The molecule has 19 heavy (non-hydrogen) atoms. The molecule has 0 spiro atoms. The van der Waals surface area contributed by atoms with Crippen molar-refractivity contribution >= 4 is 42.7 Å². The van der Waals surface area contributed by atoms with Gasteiger partial charge < -0.3 is 5.11 Å². The monoisotopic (exact) mass is 300 g/mol. The predicted octanol–water partition coefficient (Wildman–Crippen LogP) is 1.86. The lowest BCUT2D eigenvalue weighted by Gasteiger charge is -2.05. The Balaban J connectivity index is 2.41.